The normalized spacial score (nSPS) is 19.9. The molecule has 7 heteroatoms. The van der Waals surface area contributed by atoms with Gasteiger partial charge in [-0.2, -0.15) is 5.10 Å². The third kappa shape index (κ3) is 1.51. The molecule has 2 N–H and O–H groups in total. The second-order valence-electron chi connectivity index (χ2n) is 4.48. The van der Waals surface area contributed by atoms with Crippen molar-refractivity contribution in [2.75, 3.05) is 4.90 Å². The number of fused-ring (bicyclic) bond motifs is 3. The van der Waals surface area contributed by atoms with Crippen molar-refractivity contribution in [3.05, 3.63) is 47.2 Å². The van der Waals surface area contributed by atoms with Crippen molar-refractivity contribution in [3.8, 4) is 0 Å². The van der Waals surface area contributed by atoms with E-state index in [1.54, 1.807) is 23.7 Å². The predicted molar refractivity (Wildman–Crippen MR) is 77.0 cm³/mol. The van der Waals surface area contributed by atoms with Gasteiger partial charge in [0.2, 0.25) is 11.8 Å². The highest BCUT2D eigenvalue weighted by atomic mass is 35.5. The van der Waals surface area contributed by atoms with Gasteiger partial charge in [-0.05, 0) is 24.3 Å². The van der Waals surface area contributed by atoms with Crippen LogP contribution in [0.25, 0.3) is 0 Å². The molecule has 0 radical (unpaired) electrons. The van der Waals surface area contributed by atoms with E-state index in [-0.39, 0.29) is 6.17 Å². The number of nitrogens with two attached hydrogens (primary N) is 1. The van der Waals surface area contributed by atoms with Crippen LogP contribution in [0.2, 0.25) is 5.02 Å². The van der Waals surface area contributed by atoms with Crippen LogP contribution in [0.15, 0.2) is 51.1 Å². The zero-order valence-corrected chi connectivity index (χ0v) is 11.0. The van der Waals surface area contributed by atoms with Gasteiger partial charge in [0.25, 0.3) is 0 Å². The number of furan rings is 1. The van der Waals surface area contributed by atoms with Crippen molar-refractivity contribution in [1.29, 1.82) is 0 Å². The quantitative estimate of drug-likeness (QED) is 0.875. The standard InChI is InChI=1S/C13H10ClN5O/c14-8-3-4-10-9(6-8)12-18(11-2-1-5-20-11)7-16-19(12)13(15)17-10/h1-7,12H,(H2,15,17). The fourth-order valence-corrected chi connectivity index (χ4v) is 2.60. The van der Waals surface area contributed by atoms with E-state index < -0.39 is 0 Å². The first-order chi connectivity index (χ1) is 9.74. The Hall–Kier alpha value is -2.47. The molecule has 0 saturated carbocycles. The Kier molecular flexibility index (Phi) is 2.28. The van der Waals surface area contributed by atoms with Crippen LogP contribution in [0, 0.1) is 0 Å². The number of hydrogen-bond donors (Lipinski definition) is 1. The minimum atomic E-state index is -0.229. The largest absolute Gasteiger partial charge is 0.448 e. The molecule has 0 saturated heterocycles. The van der Waals surface area contributed by atoms with Crippen molar-refractivity contribution >= 4 is 35.5 Å². The molecule has 1 unspecified atom stereocenters. The van der Waals surface area contributed by atoms with Crippen molar-refractivity contribution in [3.63, 3.8) is 0 Å². The first kappa shape index (κ1) is 11.4. The summed E-state index contributed by atoms with van der Waals surface area (Å²) in [5, 5.41) is 6.56. The van der Waals surface area contributed by atoms with E-state index in [2.05, 4.69) is 10.1 Å². The molecule has 100 valence electrons. The van der Waals surface area contributed by atoms with Gasteiger partial charge in [0.1, 0.15) is 6.34 Å². The maximum atomic E-state index is 6.10. The van der Waals surface area contributed by atoms with Crippen molar-refractivity contribution in [1.82, 2.24) is 5.01 Å². The molecule has 2 aromatic rings. The number of guanidine groups is 1. The van der Waals surface area contributed by atoms with Crippen molar-refractivity contribution in [2.24, 2.45) is 15.8 Å². The minimum Gasteiger partial charge on any atom is -0.448 e. The van der Waals surface area contributed by atoms with Gasteiger partial charge in [-0.25, -0.2) is 10.0 Å². The lowest BCUT2D eigenvalue weighted by Gasteiger charge is -2.32. The van der Waals surface area contributed by atoms with Gasteiger partial charge in [0.05, 0.1) is 12.0 Å². The molecule has 0 amide bonds. The van der Waals surface area contributed by atoms with Gasteiger partial charge >= 0.3 is 0 Å². The van der Waals surface area contributed by atoms with E-state index in [9.17, 15) is 0 Å². The maximum Gasteiger partial charge on any atom is 0.219 e. The van der Waals surface area contributed by atoms with Crippen LogP contribution in [0.5, 0.6) is 0 Å². The number of hydrazone groups is 1. The van der Waals surface area contributed by atoms with E-state index in [0.717, 1.165) is 11.3 Å². The summed E-state index contributed by atoms with van der Waals surface area (Å²) in [7, 11) is 0. The topological polar surface area (TPSA) is 70.4 Å². The molecule has 0 spiro atoms. The lowest BCUT2D eigenvalue weighted by atomic mass is 10.1. The number of rotatable bonds is 1. The second kappa shape index (κ2) is 4.01. The Labute approximate surface area is 119 Å². The third-order valence-electron chi connectivity index (χ3n) is 3.29. The Morgan fingerprint density at radius 3 is 3.00 bits per heavy atom. The molecule has 0 fully saturated rings. The highest BCUT2D eigenvalue weighted by molar-refractivity contribution is 6.30. The van der Waals surface area contributed by atoms with Gasteiger partial charge in [-0.15, -0.1) is 0 Å². The first-order valence-electron chi connectivity index (χ1n) is 6.03. The molecule has 0 bridgehead atoms. The van der Waals surface area contributed by atoms with Crippen LogP contribution in [-0.4, -0.2) is 17.3 Å². The van der Waals surface area contributed by atoms with Gasteiger partial charge in [-0.1, -0.05) is 11.6 Å². The number of anilines is 1. The molecule has 6 nitrogen and oxygen atoms in total. The predicted octanol–water partition coefficient (Wildman–Crippen LogP) is 2.66. The van der Waals surface area contributed by atoms with E-state index in [0.29, 0.717) is 16.9 Å². The second-order valence-corrected chi connectivity index (χ2v) is 4.92. The zero-order chi connectivity index (χ0) is 13.7. The SMILES string of the molecule is NC1=Nc2ccc(Cl)cc2C2N1N=CN2c1ccco1. The summed E-state index contributed by atoms with van der Waals surface area (Å²) in [6, 6.07) is 9.20. The van der Waals surface area contributed by atoms with E-state index in [1.807, 2.05) is 29.2 Å². The van der Waals surface area contributed by atoms with Crippen molar-refractivity contribution in [2.45, 2.75) is 6.17 Å². The molecule has 2 aliphatic rings. The molecule has 3 heterocycles. The summed E-state index contributed by atoms with van der Waals surface area (Å²) in [4.78, 5) is 6.22. The van der Waals surface area contributed by atoms with Crippen LogP contribution in [0.1, 0.15) is 11.7 Å². The fourth-order valence-electron chi connectivity index (χ4n) is 2.42. The molecule has 20 heavy (non-hydrogen) atoms. The summed E-state index contributed by atoms with van der Waals surface area (Å²) in [6.07, 6.45) is 3.06. The zero-order valence-electron chi connectivity index (χ0n) is 10.3. The van der Waals surface area contributed by atoms with Gasteiger partial charge in [0.15, 0.2) is 6.17 Å². The number of halogens is 1. The Balaban J connectivity index is 1.87. The number of nitrogens with zero attached hydrogens (tertiary/aromatic N) is 4. The Bertz CT molecular complexity index is 724. The smallest absolute Gasteiger partial charge is 0.219 e. The molecule has 1 aromatic carbocycles. The summed E-state index contributed by atoms with van der Waals surface area (Å²) in [5.74, 6) is 1.03. The highest BCUT2D eigenvalue weighted by Crippen LogP contribution is 2.41. The summed E-state index contributed by atoms with van der Waals surface area (Å²) < 4.78 is 5.44. The number of aliphatic imine (C=N–C) groups is 1. The van der Waals surface area contributed by atoms with Crippen LogP contribution >= 0.6 is 11.6 Å². The van der Waals surface area contributed by atoms with E-state index >= 15 is 0 Å². The van der Waals surface area contributed by atoms with Crippen LogP contribution < -0.4 is 10.6 Å². The van der Waals surface area contributed by atoms with Crippen LogP contribution in [0.4, 0.5) is 11.6 Å². The summed E-state index contributed by atoms with van der Waals surface area (Å²) in [6.45, 7) is 0. The number of benzene rings is 1. The first-order valence-corrected chi connectivity index (χ1v) is 6.40. The van der Waals surface area contributed by atoms with Crippen LogP contribution in [0.3, 0.4) is 0 Å². The molecular formula is C13H10ClN5O. The average Bonchev–Trinajstić information content (AvgIpc) is 3.07. The molecule has 1 aromatic heterocycles. The summed E-state index contributed by atoms with van der Waals surface area (Å²) in [5.41, 5.74) is 7.68. The van der Waals surface area contributed by atoms with Crippen molar-refractivity contribution < 1.29 is 4.42 Å². The van der Waals surface area contributed by atoms with Gasteiger partial charge in [-0.3, -0.25) is 4.90 Å². The highest BCUT2D eigenvalue weighted by Gasteiger charge is 2.38. The molecule has 2 aliphatic heterocycles. The summed E-state index contributed by atoms with van der Waals surface area (Å²) >= 11 is 6.10. The maximum absolute atomic E-state index is 6.10. The van der Waals surface area contributed by atoms with Gasteiger partial charge < -0.3 is 10.2 Å². The molecule has 4 rings (SSSR count). The Morgan fingerprint density at radius 1 is 1.30 bits per heavy atom. The average molecular weight is 288 g/mol. The minimum absolute atomic E-state index is 0.229. The number of hydrogen-bond acceptors (Lipinski definition) is 6. The molecule has 0 aliphatic carbocycles. The Morgan fingerprint density at radius 2 is 2.20 bits per heavy atom. The van der Waals surface area contributed by atoms with E-state index in [1.165, 1.54) is 0 Å². The lowest BCUT2D eigenvalue weighted by Crippen LogP contribution is -2.41. The molecule has 1 atom stereocenters. The molecular weight excluding hydrogens is 278 g/mol. The lowest BCUT2D eigenvalue weighted by molar-refractivity contribution is 0.351. The van der Waals surface area contributed by atoms with E-state index in [4.69, 9.17) is 21.8 Å². The third-order valence-corrected chi connectivity index (χ3v) is 3.53. The van der Waals surface area contributed by atoms with Crippen LogP contribution in [-0.2, 0) is 0 Å². The monoisotopic (exact) mass is 287 g/mol. The fraction of sp³-hybridized carbons (Fsp3) is 0.0769. The van der Waals surface area contributed by atoms with Gasteiger partial charge in [0, 0.05) is 16.7 Å².